The summed E-state index contributed by atoms with van der Waals surface area (Å²) in [5, 5.41) is 0. The second-order valence-corrected chi connectivity index (χ2v) is 9.22. The first-order valence-electron chi connectivity index (χ1n) is 10.4. The van der Waals surface area contributed by atoms with Gasteiger partial charge in [0.15, 0.2) is 0 Å². The van der Waals surface area contributed by atoms with Crippen molar-refractivity contribution in [2.45, 2.75) is 92.4 Å². The van der Waals surface area contributed by atoms with Crippen LogP contribution in [0, 0.1) is 17.3 Å². The zero-order valence-electron chi connectivity index (χ0n) is 17.5. The standard InChI is InChI=1S/C25H40/c1-19(2)23-16-18-25(6)17-15-22(5)12-8-10-20(3)9-7-11-21(4)13-14-24(23)25/h10-11,15,23-24H,1,7-9,12-14,16-18H2,2-6H3/b20-10+,21-11+,22-15+/t23-,24+,25+/m1/s1. The molecule has 25 heavy (non-hydrogen) atoms. The third-order valence-corrected chi connectivity index (χ3v) is 6.87. The van der Waals surface area contributed by atoms with Crippen molar-refractivity contribution in [2.24, 2.45) is 17.3 Å². The van der Waals surface area contributed by atoms with Crippen molar-refractivity contribution in [1.29, 1.82) is 0 Å². The lowest BCUT2D eigenvalue weighted by Crippen LogP contribution is -2.25. The van der Waals surface area contributed by atoms with Gasteiger partial charge in [-0.15, -0.1) is 0 Å². The molecule has 0 nitrogen and oxygen atoms in total. The molecule has 0 N–H and O–H groups in total. The fourth-order valence-electron chi connectivity index (χ4n) is 4.94. The van der Waals surface area contributed by atoms with E-state index in [0.29, 0.717) is 5.41 Å². The van der Waals surface area contributed by atoms with E-state index in [0.717, 1.165) is 11.8 Å². The molecule has 0 heteroatoms. The van der Waals surface area contributed by atoms with E-state index in [-0.39, 0.29) is 0 Å². The van der Waals surface area contributed by atoms with Crippen LogP contribution < -0.4 is 0 Å². The zero-order valence-corrected chi connectivity index (χ0v) is 17.5. The normalized spacial score (nSPS) is 38.8. The summed E-state index contributed by atoms with van der Waals surface area (Å²) in [7, 11) is 0. The highest BCUT2D eigenvalue weighted by Crippen LogP contribution is 2.53. The molecule has 2 aliphatic rings. The topological polar surface area (TPSA) is 0 Å². The molecule has 0 bridgehead atoms. The SMILES string of the molecule is C=C(C)[C@H]1CC[C@]2(C)C/C=C(\C)CC/C=C(\C)CC/C=C(\C)CC[C@@H]12. The molecule has 0 aromatic rings. The van der Waals surface area contributed by atoms with Crippen molar-refractivity contribution in [3.05, 3.63) is 47.1 Å². The van der Waals surface area contributed by atoms with E-state index in [4.69, 9.17) is 0 Å². The lowest BCUT2D eigenvalue weighted by Gasteiger charge is -2.34. The molecule has 1 fully saturated rings. The maximum Gasteiger partial charge on any atom is -0.0175 e. The molecule has 140 valence electrons. The van der Waals surface area contributed by atoms with Gasteiger partial charge in [-0.05, 0) is 103 Å². The van der Waals surface area contributed by atoms with Gasteiger partial charge in [0.25, 0.3) is 0 Å². The molecular weight excluding hydrogens is 300 g/mol. The number of fused-ring (bicyclic) bond motifs is 1. The summed E-state index contributed by atoms with van der Waals surface area (Å²) in [6, 6.07) is 0. The molecule has 2 aliphatic carbocycles. The summed E-state index contributed by atoms with van der Waals surface area (Å²) in [4.78, 5) is 0. The predicted molar refractivity (Wildman–Crippen MR) is 113 cm³/mol. The minimum absolute atomic E-state index is 0.455. The number of hydrogen-bond acceptors (Lipinski definition) is 0. The lowest BCUT2D eigenvalue weighted by atomic mass is 9.70. The molecule has 1 saturated carbocycles. The fourth-order valence-corrected chi connectivity index (χ4v) is 4.94. The fraction of sp³-hybridized carbons (Fsp3) is 0.680. The Bertz CT molecular complexity index is 557. The van der Waals surface area contributed by atoms with Crippen LogP contribution in [0.25, 0.3) is 0 Å². The summed E-state index contributed by atoms with van der Waals surface area (Å²) in [6.07, 6.45) is 18.9. The molecule has 3 atom stereocenters. The van der Waals surface area contributed by atoms with Crippen molar-refractivity contribution in [3.63, 3.8) is 0 Å². The van der Waals surface area contributed by atoms with Crippen molar-refractivity contribution in [2.75, 3.05) is 0 Å². The van der Waals surface area contributed by atoms with E-state index in [1.165, 1.54) is 63.4 Å². The molecule has 0 radical (unpaired) electrons. The Balaban J connectivity index is 2.22. The van der Waals surface area contributed by atoms with Gasteiger partial charge in [-0.1, -0.05) is 54.0 Å². The first-order chi connectivity index (χ1) is 11.8. The van der Waals surface area contributed by atoms with Gasteiger partial charge in [0.05, 0.1) is 0 Å². The van der Waals surface area contributed by atoms with Crippen molar-refractivity contribution >= 4 is 0 Å². The highest BCUT2D eigenvalue weighted by atomic mass is 14.5. The van der Waals surface area contributed by atoms with Gasteiger partial charge in [0.2, 0.25) is 0 Å². The quantitative estimate of drug-likeness (QED) is 0.422. The van der Waals surface area contributed by atoms with Gasteiger partial charge in [-0.2, -0.15) is 0 Å². The van der Waals surface area contributed by atoms with E-state index >= 15 is 0 Å². The Morgan fingerprint density at radius 2 is 1.48 bits per heavy atom. The summed E-state index contributed by atoms with van der Waals surface area (Å²) in [5.74, 6) is 1.52. The van der Waals surface area contributed by atoms with Gasteiger partial charge in [0.1, 0.15) is 0 Å². The minimum atomic E-state index is 0.455. The molecule has 0 aromatic carbocycles. The summed E-state index contributed by atoms with van der Waals surface area (Å²) >= 11 is 0. The first kappa shape index (κ1) is 20.3. The van der Waals surface area contributed by atoms with E-state index in [2.05, 4.69) is 59.4 Å². The average Bonchev–Trinajstić information content (AvgIpc) is 2.87. The third kappa shape index (κ3) is 5.73. The molecule has 0 spiro atoms. The largest absolute Gasteiger partial charge is 0.0999 e. The Morgan fingerprint density at radius 1 is 0.920 bits per heavy atom. The van der Waals surface area contributed by atoms with E-state index in [1.807, 2.05) is 0 Å². The van der Waals surface area contributed by atoms with Crippen molar-refractivity contribution < 1.29 is 0 Å². The van der Waals surface area contributed by atoms with Crippen LogP contribution in [0.15, 0.2) is 47.1 Å². The van der Waals surface area contributed by atoms with Crippen LogP contribution in [0.2, 0.25) is 0 Å². The van der Waals surface area contributed by atoms with Crippen LogP contribution in [0.4, 0.5) is 0 Å². The average molecular weight is 341 g/mol. The van der Waals surface area contributed by atoms with Gasteiger partial charge >= 0.3 is 0 Å². The Morgan fingerprint density at radius 3 is 2.08 bits per heavy atom. The number of hydrogen-bond donors (Lipinski definition) is 0. The Kier molecular flexibility index (Phi) is 7.35. The first-order valence-corrected chi connectivity index (χ1v) is 10.4. The van der Waals surface area contributed by atoms with Gasteiger partial charge in [0, 0.05) is 0 Å². The maximum absolute atomic E-state index is 4.33. The van der Waals surface area contributed by atoms with Gasteiger partial charge < -0.3 is 0 Å². The van der Waals surface area contributed by atoms with Crippen LogP contribution >= 0.6 is 0 Å². The molecule has 0 saturated heterocycles. The molecular formula is C25H40. The molecule has 2 rings (SSSR count). The summed E-state index contributed by atoms with van der Waals surface area (Å²) in [5.41, 5.74) is 6.58. The zero-order chi connectivity index (χ0) is 18.4. The molecule has 0 heterocycles. The predicted octanol–water partition coefficient (Wildman–Crippen LogP) is 8.18. The van der Waals surface area contributed by atoms with Crippen LogP contribution in [0.1, 0.15) is 92.4 Å². The van der Waals surface area contributed by atoms with Crippen LogP contribution in [0.5, 0.6) is 0 Å². The second kappa shape index (κ2) is 9.06. The monoisotopic (exact) mass is 340 g/mol. The van der Waals surface area contributed by atoms with E-state index in [1.54, 1.807) is 16.7 Å². The van der Waals surface area contributed by atoms with Crippen LogP contribution in [-0.2, 0) is 0 Å². The minimum Gasteiger partial charge on any atom is -0.0999 e. The van der Waals surface area contributed by atoms with Crippen LogP contribution in [0.3, 0.4) is 0 Å². The second-order valence-electron chi connectivity index (χ2n) is 9.22. The number of rotatable bonds is 1. The lowest BCUT2D eigenvalue weighted by molar-refractivity contribution is 0.194. The molecule has 0 amide bonds. The summed E-state index contributed by atoms with van der Waals surface area (Å²) < 4.78 is 0. The molecule has 0 aromatic heterocycles. The van der Waals surface area contributed by atoms with Gasteiger partial charge in [-0.25, -0.2) is 0 Å². The maximum atomic E-state index is 4.33. The molecule has 0 unspecified atom stereocenters. The molecule has 0 aliphatic heterocycles. The summed E-state index contributed by atoms with van der Waals surface area (Å²) in [6.45, 7) is 16.1. The smallest absolute Gasteiger partial charge is 0.0175 e. The van der Waals surface area contributed by atoms with Crippen LogP contribution in [-0.4, -0.2) is 0 Å². The number of allylic oxidation sites excluding steroid dienone is 7. The highest BCUT2D eigenvalue weighted by molar-refractivity contribution is 5.13. The Hall–Kier alpha value is -1.04. The van der Waals surface area contributed by atoms with Crippen molar-refractivity contribution in [3.8, 4) is 0 Å². The Labute approximate surface area is 157 Å². The van der Waals surface area contributed by atoms with E-state index in [9.17, 15) is 0 Å². The van der Waals surface area contributed by atoms with Gasteiger partial charge in [-0.3, -0.25) is 0 Å². The highest BCUT2D eigenvalue weighted by Gasteiger charge is 2.43. The third-order valence-electron chi connectivity index (χ3n) is 6.87. The van der Waals surface area contributed by atoms with E-state index < -0.39 is 0 Å². The van der Waals surface area contributed by atoms with Crippen molar-refractivity contribution in [1.82, 2.24) is 0 Å².